The van der Waals surface area contributed by atoms with Crippen molar-refractivity contribution in [2.45, 2.75) is 13.3 Å². The summed E-state index contributed by atoms with van der Waals surface area (Å²) in [6, 6.07) is 22.3. The summed E-state index contributed by atoms with van der Waals surface area (Å²) >= 11 is 0. The maximum Gasteiger partial charge on any atom is 0.262 e. The van der Waals surface area contributed by atoms with Gasteiger partial charge in [-0.05, 0) is 48.4 Å². The van der Waals surface area contributed by atoms with Crippen LogP contribution in [0.25, 0.3) is 6.08 Å². The van der Waals surface area contributed by atoms with Gasteiger partial charge in [0.2, 0.25) is 0 Å². The Morgan fingerprint density at radius 2 is 1.74 bits per heavy atom. The predicted octanol–water partition coefficient (Wildman–Crippen LogP) is 4.93. The lowest BCUT2D eigenvalue weighted by molar-refractivity contribution is -0.118. The molecule has 0 heterocycles. The largest absolute Gasteiger partial charge is 0.490 e. The van der Waals surface area contributed by atoms with E-state index in [1.807, 2.05) is 79.7 Å². The lowest BCUT2D eigenvalue weighted by Crippen LogP contribution is -2.20. The van der Waals surface area contributed by atoms with E-state index in [1.165, 1.54) is 0 Å². The summed E-state index contributed by atoms with van der Waals surface area (Å²) in [7, 11) is 0. The summed E-state index contributed by atoms with van der Waals surface area (Å²) < 4.78 is 11.4. The predicted molar refractivity (Wildman–Crippen MR) is 121 cm³/mol. The van der Waals surface area contributed by atoms with E-state index >= 15 is 0 Å². The normalized spacial score (nSPS) is 13.7. The number of hydrogen-bond donors (Lipinski definition) is 1. The highest BCUT2D eigenvalue weighted by Gasteiger charge is 2.24. The Kier molecular flexibility index (Phi) is 6.13. The molecule has 0 fully saturated rings. The van der Waals surface area contributed by atoms with Crippen LogP contribution in [-0.2, 0) is 11.2 Å². The van der Waals surface area contributed by atoms with Crippen LogP contribution in [0.2, 0.25) is 0 Å². The highest BCUT2D eigenvalue weighted by Crippen LogP contribution is 2.32. The van der Waals surface area contributed by atoms with Crippen LogP contribution in [0.5, 0.6) is 11.5 Å². The first-order chi connectivity index (χ1) is 15.1. The summed E-state index contributed by atoms with van der Waals surface area (Å²) in [5.74, 6) is 0.821. The van der Waals surface area contributed by atoms with Gasteiger partial charge in [0.25, 0.3) is 5.91 Å². The van der Waals surface area contributed by atoms with Crippen LogP contribution in [0.1, 0.15) is 28.4 Å². The van der Waals surface area contributed by atoms with Gasteiger partial charge in [-0.1, -0.05) is 48.5 Å². The zero-order valence-electron chi connectivity index (χ0n) is 17.3. The van der Waals surface area contributed by atoms with Gasteiger partial charge >= 0.3 is 0 Å². The first kappa shape index (κ1) is 20.4. The molecule has 5 nitrogen and oxygen atoms in total. The summed E-state index contributed by atoms with van der Waals surface area (Å²) in [6.07, 6.45) is 2.51. The van der Waals surface area contributed by atoms with Crippen LogP contribution in [0.3, 0.4) is 0 Å². The fraction of sp³-hybridized carbons (Fsp3) is 0.154. The molecule has 0 radical (unpaired) electrons. The molecule has 4 rings (SSSR count). The van der Waals surface area contributed by atoms with Crippen molar-refractivity contribution in [1.82, 2.24) is 0 Å². The number of fused-ring (bicyclic) bond motifs is 1. The fourth-order valence-electron chi connectivity index (χ4n) is 3.54. The maximum absolute atomic E-state index is 12.6. The van der Waals surface area contributed by atoms with E-state index in [4.69, 9.17) is 9.47 Å². The number of anilines is 1. The standard InChI is InChI=1S/C26H23NO4/c1-2-30-24-15-18(14-20-16-19-8-6-7-11-22(19)26(20)29)12-13-23(24)31-17-25(28)27-21-9-4-3-5-10-21/h3-15H,2,16-17H2,1H3,(H,27,28). The van der Waals surface area contributed by atoms with Gasteiger partial charge in [-0.3, -0.25) is 9.59 Å². The summed E-state index contributed by atoms with van der Waals surface area (Å²) in [5, 5.41) is 2.79. The molecule has 156 valence electrons. The molecule has 3 aromatic carbocycles. The van der Waals surface area contributed by atoms with Gasteiger partial charge in [-0.15, -0.1) is 0 Å². The zero-order chi connectivity index (χ0) is 21.6. The topological polar surface area (TPSA) is 64.6 Å². The third kappa shape index (κ3) is 4.83. The third-order valence-electron chi connectivity index (χ3n) is 4.96. The molecule has 0 saturated heterocycles. The van der Waals surface area contributed by atoms with Crippen molar-refractivity contribution in [1.29, 1.82) is 0 Å². The highest BCUT2D eigenvalue weighted by molar-refractivity contribution is 6.15. The molecule has 31 heavy (non-hydrogen) atoms. The second kappa shape index (κ2) is 9.30. The minimum atomic E-state index is -0.255. The van der Waals surface area contributed by atoms with Gasteiger partial charge in [-0.2, -0.15) is 0 Å². The number of allylic oxidation sites excluding steroid dienone is 1. The molecule has 5 heteroatoms. The van der Waals surface area contributed by atoms with E-state index in [9.17, 15) is 9.59 Å². The highest BCUT2D eigenvalue weighted by atomic mass is 16.5. The Balaban J connectivity index is 1.47. The summed E-state index contributed by atoms with van der Waals surface area (Å²) in [6.45, 7) is 2.20. The van der Waals surface area contributed by atoms with Crippen molar-refractivity contribution in [2.24, 2.45) is 0 Å². The molecular weight excluding hydrogens is 390 g/mol. The van der Waals surface area contributed by atoms with Gasteiger partial charge in [0.1, 0.15) is 0 Å². The van der Waals surface area contributed by atoms with Crippen molar-refractivity contribution in [3.63, 3.8) is 0 Å². The van der Waals surface area contributed by atoms with Gasteiger partial charge in [0, 0.05) is 23.2 Å². The van der Waals surface area contributed by atoms with Crippen LogP contribution in [0.4, 0.5) is 5.69 Å². The molecule has 0 saturated carbocycles. The quantitative estimate of drug-likeness (QED) is 0.558. The van der Waals surface area contributed by atoms with Gasteiger partial charge < -0.3 is 14.8 Å². The molecule has 0 atom stereocenters. The minimum absolute atomic E-state index is 0.0615. The fourth-order valence-corrected chi connectivity index (χ4v) is 3.54. The second-order valence-electron chi connectivity index (χ2n) is 7.17. The number of para-hydroxylation sites is 1. The Morgan fingerprint density at radius 1 is 0.968 bits per heavy atom. The van der Waals surface area contributed by atoms with E-state index < -0.39 is 0 Å². The number of rotatable bonds is 7. The van der Waals surface area contributed by atoms with E-state index in [-0.39, 0.29) is 18.3 Å². The Hall–Kier alpha value is -3.86. The van der Waals surface area contributed by atoms with Crippen LogP contribution in [-0.4, -0.2) is 24.9 Å². The van der Waals surface area contributed by atoms with Crippen molar-refractivity contribution < 1.29 is 19.1 Å². The number of carbonyl (C=O) groups is 2. The number of carbonyl (C=O) groups excluding carboxylic acids is 2. The molecule has 1 amide bonds. The van der Waals surface area contributed by atoms with Crippen LogP contribution < -0.4 is 14.8 Å². The minimum Gasteiger partial charge on any atom is -0.490 e. The number of ether oxygens (including phenoxy) is 2. The lowest BCUT2D eigenvalue weighted by atomic mass is 10.1. The van der Waals surface area contributed by atoms with Crippen molar-refractivity contribution >= 4 is 23.5 Å². The van der Waals surface area contributed by atoms with E-state index in [1.54, 1.807) is 6.07 Å². The molecule has 0 aromatic heterocycles. The van der Waals surface area contributed by atoms with Crippen molar-refractivity contribution in [3.8, 4) is 11.5 Å². The number of ketones is 1. The summed E-state index contributed by atoms with van der Waals surface area (Å²) in [5.41, 5.74) is 4.13. The molecule has 0 bridgehead atoms. The number of amides is 1. The molecule has 0 unspecified atom stereocenters. The Morgan fingerprint density at radius 3 is 2.52 bits per heavy atom. The molecule has 1 aliphatic rings. The average Bonchev–Trinajstić information content (AvgIpc) is 3.09. The first-order valence-electron chi connectivity index (χ1n) is 10.2. The van der Waals surface area contributed by atoms with E-state index in [0.29, 0.717) is 30.2 Å². The van der Waals surface area contributed by atoms with Gasteiger partial charge in [0.15, 0.2) is 23.9 Å². The number of nitrogens with one attached hydrogen (secondary N) is 1. The van der Waals surface area contributed by atoms with Crippen molar-refractivity contribution in [3.05, 3.63) is 95.1 Å². The molecule has 3 aromatic rings. The smallest absolute Gasteiger partial charge is 0.262 e. The van der Waals surface area contributed by atoms with Gasteiger partial charge in [0.05, 0.1) is 6.61 Å². The third-order valence-corrected chi connectivity index (χ3v) is 4.96. The van der Waals surface area contributed by atoms with Crippen LogP contribution in [0, 0.1) is 0 Å². The molecule has 0 aliphatic heterocycles. The molecule has 1 aliphatic carbocycles. The van der Waals surface area contributed by atoms with E-state index in [2.05, 4.69) is 5.32 Å². The number of Topliss-reactive ketones (excluding diaryl/α,β-unsaturated/α-hetero) is 1. The zero-order valence-corrected chi connectivity index (χ0v) is 17.3. The first-order valence-corrected chi connectivity index (χ1v) is 10.2. The van der Waals surface area contributed by atoms with Crippen LogP contribution in [0.15, 0.2) is 78.4 Å². The Bertz CT molecular complexity index is 1140. The SMILES string of the molecule is CCOc1cc(C=C2Cc3ccccc3C2=O)ccc1OCC(=O)Nc1ccccc1. The van der Waals surface area contributed by atoms with E-state index in [0.717, 1.165) is 22.3 Å². The number of benzene rings is 3. The van der Waals surface area contributed by atoms with Crippen molar-refractivity contribution in [2.75, 3.05) is 18.5 Å². The molecule has 1 N–H and O–H groups in total. The lowest BCUT2D eigenvalue weighted by Gasteiger charge is -2.13. The molecular formula is C26H23NO4. The average molecular weight is 413 g/mol. The molecule has 0 spiro atoms. The summed E-state index contributed by atoms with van der Waals surface area (Å²) in [4.78, 5) is 24.8. The maximum atomic E-state index is 12.6. The second-order valence-corrected chi connectivity index (χ2v) is 7.17. The Labute approximate surface area is 181 Å². The van der Waals surface area contributed by atoms with Crippen LogP contribution >= 0.6 is 0 Å². The number of hydrogen-bond acceptors (Lipinski definition) is 4. The van der Waals surface area contributed by atoms with Gasteiger partial charge in [-0.25, -0.2) is 0 Å². The monoisotopic (exact) mass is 413 g/mol.